The Bertz CT molecular complexity index is 150. The van der Waals surface area contributed by atoms with Crippen LogP contribution in [0.15, 0.2) is 12.2 Å². The molecule has 0 rings (SSSR count). The molecule has 0 saturated heterocycles. The maximum Gasteiger partial charge on any atom is 0.325 e. The van der Waals surface area contributed by atoms with Crippen molar-refractivity contribution in [3.05, 3.63) is 12.2 Å². The average Bonchev–Trinajstić information content (AvgIpc) is 2.17. The fourth-order valence-electron chi connectivity index (χ4n) is 1.17. The fourth-order valence-corrected chi connectivity index (χ4v) is 2.93. The Morgan fingerprint density at radius 2 is 1.53 bits per heavy atom. The minimum absolute atomic E-state index is 0.854. The second-order valence-corrected chi connectivity index (χ2v) is 5.97. The molecule has 0 radical (unpaired) electrons. The topological polar surface area (TPSA) is 18.5 Å². The van der Waals surface area contributed by atoms with Crippen molar-refractivity contribution < 1.29 is 8.85 Å². The Kier molecular flexibility index (Phi) is 10.3. The summed E-state index contributed by atoms with van der Waals surface area (Å²) in [5.74, 6) is 0. The van der Waals surface area contributed by atoms with Crippen molar-refractivity contribution in [2.45, 2.75) is 52.5 Å². The molecule has 0 atom stereocenters. The van der Waals surface area contributed by atoms with Crippen LogP contribution >= 0.6 is 0 Å². The Morgan fingerprint density at radius 3 is 1.87 bits per heavy atom. The van der Waals surface area contributed by atoms with Gasteiger partial charge in [0.15, 0.2) is 0 Å². The van der Waals surface area contributed by atoms with E-state index in [-0.39, 0.29) is 0 Å². The molecule has 90 valence electrons. The third-order valence-corrected chi connectivity index (χ3v) is 4.36. The summed E-state index contributed by atoms with van der Waals surface area (Å²) in [6.45, 7) is 12.0. The van der Waals surface area contributed by atoms with Crippen molar-refractivity contribution in [3.63, 3.8) is 0 Å². The van der Waals surface area contributed by atoms with E-state index in [1.54, 1.807) is 0 Å². The summed E-state index contributed by atoms with van der Waals surface area (Å²) in [5, 5.41) is 0. The van der Waals surface area contributed by atoms with Gasteiger partial charge in [0, 0.05) is 19.3 Å². The normalized spacial score (nSPS) is 10.9. The number of hydrogen-bond acceptors (Lipinski definition) is 2. The van der Waals surface area contributed by atoms with Crippen LogP contribution in [0.5, 0.6) is 0 Å². The Labute approximate surface area is 96.5 Å². The predicted molar refractivity (Wildman–Crippen MR) is 68.5 cm³/mol. The molecule has 15 heavy (non-hydrogen) atoms. The molecule has 0 aromatic rings. The lowest BCUT2D eigenvalue weighted by Crippen LogP contribution is -2.24. The summed E-state index contributed by atoms with van der Waals surface area (Å²) < 4.78 is 11.6. The third-order valence-electron chi connectivity index (χ3n) is 2.12. The molecule has 2 nitrogen and oxygen atoms in total. The number of hydrogen-bond donors (Lipinski definition) is 0. The van der Waals surface area contributed by atoms with Gasteiger partial charge in [0.2, 0.25) is 0 Å². The monoisotopic (exact) mass is 230 g/mol. The van der Waals surface area contributed by atoms with Gasteiger partial charge < -0.3 is 8.85 Å². The summed E-state index contributed by atoms with van der Waals surface area (Å²) in [6.07, 6.45) is 4.64. The van der Waals surface area contributed by atoms with Gasteiger partial charge in [0.1, 0.15) is 0 Å². The lowest BCUT2D eigenvalue weighted by Gasteiger charge is -2.16. The van der Waals surface area contributed by atoms with Crippen molar-refractivity contribution in [1.82, 2.24) is 0 Å². The standard InChI is InChI=1S/C12H26O2Si/c1-5-7-9-13-15(11-12(3)4)14-10-8-6-2/h15H,3,5-11H2,1-2,4H3. The molecule has 0 aromatic heterocycles. The molecule has 3 heteroatoms. The molecule has 0 N–H and O–H groups in total. The predicted octanol–water partition coefficient (Wildman–Crippen LogP) is 3.42. The first-order chi connectivity index (χ1) is 7.20. The quantitative estimate of drug-likeness (QED) is 0.325. The van der Waals surface area contributed by atoms with Crippen LogP contribution in [0.25, 0.3) is 0 Å². The lowest BCUT2D eigenvalue weighted by atomic mass is 10.4. The summed E-state index contributed by atoms with van der Waals surface area (Å²) in [6, 6.07) is 0.952. The zero-order chi connectivity index (χ0) is 11.5. The summed E-state index contributed by atoms with van der Waals surface area (Å²) in [5.41, 5.74) is 1.18. The highest BCUT2D eigenvalue weighted by Gasteiger charge is 2.12. The molecule has 0 aromatic carbocycles. The highest BCUT2D eigenvalue weighted by molar-refractivity contribution is 6.45. The first kappa shape index (κ1) is 14.9. The number of unbranched alkanes of at least 4 members (excludes halogenated alkanes) is 2. The van der Waals surface area contributed by atoms with Gasteiger partial charge in [0.05, 0.1) is 0 Å². The van der Waals surface area contributed by atoms with Crippen LogP contribution in [0.4, 0.5) is 0 Å². The van der Waals surface area contributed by atoms with Crippen molar-refractivity contribution >= 4 is 9.28 Å². The van der Waals surface area contributed by atoms with Crippen LogP contribution in [0.3, 0.4) is 0 Å². The van der Waals surface area contributed by atoms with Gasteiger partial charge in [-0.25, -0.2) is 0 Å². The van der Waals surface area contributed by atoms with E-state index in [2.05, 4.69) is 20.4 Å². The van der Waals surface area contributed by atoms with Gasteiger partial charge >= 0.3 is 9.28 Å². The molecule has 0 aliphatic carbocycles. The zero-order valence-corrected chi connectivity index (χ0v) is 11.7. The maximum atomic E-state index is 5.80. The first-order valence-corrected chi connectivity index (χ1v) is 7.84. The van der Waals surface area contributed by atoms with Crippen molar-refractivity contribution in [3.8, 4) is 0 Å². The molecule has 0 aliphatic rings. The molecule has 0 aliphatic heterocycles. The SMILES string of the molecule is C=C(C)C[SiH](OCCCC)OCCCC. The van der Waals surface area contributed by atoms with Crippen LogP contribution in [-0.4, -0.2) is 22.5 Å². The Balaban J connectivity index is 3.68. The smallest absolute Gasteiger partial charge is 0.325 e. The van der Waals surface area contributed by atoms with Crippen molar-refractivity contribution in [2.75, 3.05) is 13.2 Å². The summed E-state index contributed by atoms with van der Waals surface area (Å²) in [4.78, 5) is 0. The molecular formula is C12H26O2Si. The van der Waals surface area contributed by atoms with Crippen LogP contribution < -0.4 is 0 Å². The van der Waals surface area contributed by atoms with E-state index in [1.165, 1.54) is 18.4 Å². The van der Waals surface area contributed by atoms with Crippen LogP contribution in [0, 0.1) is 0 Å². The first-order valence-electron chi connectivity index (χ1n) is 6.08. The van der Waals surface area contributed by atoms with Gasteiger partial charge in [0.25, 0.3) is 0 Å². The van der Waals surface area contributed by atoms with E-state index < -0.39 is 9.28 Å². The number of rotatable bonds is 10. The maximum absolute atomic E-state index is 5.80. The molecular weight excluding hydrogens is 204 g/mol. The molecule has 0 amide bonds. The second-order valence-electron chi connectivity index (χ2n) is 4.04. The van der Waals surface area contributed by atoms with E-state index in [0.29, 0.717) is 0 Å². The fraction of sp³-hybridized carbons (Fsp3) is 0.833. The van der Waals surface area contributed by atoms with Gasteiger partial charge in [-0.3, -0.25) is 0 Å². The van der Waals surface area contributed by atoms with Gasteiger partial charge in [-0.2, -0.15) is 0 Å². The van der Waals surface area contributed by atoms with Gasteiger partial charge in [-0.1, -0.05) is 32.3 Å². The number of allylic oxidation sites excluding steroid dienone is 1. The zero-order valence-electron chi connectivity index (χ0n) is 10.6. The average molecular weight is 230 g/mol. The highest BCUT2D eigenvalue weighted by Crippen LogP contribution is 2.07. The van der Waals surface area contributed by atoms with Crippen molar-refractivity contribution in [1.29, 1.82) is 0 Å². The van der Waals surface area contributed by atoms with E-state index in [0.717, 1.165) is 32.1 Å². The third kappa shape index (κ3) is 10.2. The minimum Gasteiger partial charge on any atom is -0.396 e. The molecule has 0 spiro atoms. The molecule has 0 saturated carbocycles. The van der Waals surface area contributed by atoms with Crippen LogP contribution in [-0.2, 0) is 8.85 Å². The second kappa shape index (κ2) is 10.4. The Morgan fingerprint density at radius 1 is 1.07 bits per heavy atom. The van der Waals surface area contributed by atoms with Gasteiger partial charge in [-0.15, -0.1) is 6.58 Å². The molecule has 0 heterocycles. The Hall–Kier alpha value is -0.123. The van der Waals surface area contributed by atoms with E-state index >= 15 is 0 Å². The van der Waals surface area contributed by atoms with Crippen molar-refractivity contribution in [2.24, 2.45) is 0 Å². The molecule has 0 fully saturated rings. The van der Waals surface area contributed by atoms with Crippen LogP contribution in [0.2, 0.25) is 6.04 Å². The minimum atomic E-state index is -1.45. The van der Waals surface area contributed by atoms with Crippen LogP contribution in [0.1, 0.15) is 46.5 Å². The van der Waals surface area contributed by atoms with E-state index in [4.69, 9.17) is 8.85 Å². The highest BCUT2D eigenvalue weighted by atomic mass is 28.3. The van der Waals surface area contributed by atoms with E-state index in [9.17, 15) is 0 Å². The van der Waals surface area contributed by atoms with E-state index in [1.807, 2.05) is 6.92 Å². The lowest BCUT2D eigenvalue weighted by molar-refractivity contribution is 0.193. The summed E-state index contributed by atoms with van der Waals surface area (Å²) in [7, 11) is -1.45. The molecule has 0 unspecified atom stereocenters. The van der Waals surface area contributed by atoms with Gasteiger partial charge in [-0.05, 0) is 19.8 Å². The molecule has 0 bridgehead atoms. The largest absolute Gasteiger partial charge is 0.396 e. The summed E-state index contributed by atoms with van der Waals surface area (Å²) >= 11 is 0.